The number of pyridine rings is 1. The highest BCUT2D eigenvalue weighted by molar-refractivity contribution is 7.89. The van der Waals surface area contributed by atoms with Crippen LogP contribution in [0.2, 0.25) is 0 Å². The Labute approximate surface area is 171 Å². The number of likely N-dealkylation sites (N-methyl/N-ethyl adjacent to an activating group) is 1. The van der Waals surface area contributed by atoms with E-state index in [1.807, 2.05) is 0 Å². The van der Waals surface area contributed by atoms with Gasteiger partial charge in [-0.05, 0) is 36.8 Å². The Kier molecular flexibility index (Phi) is 7.16. The van der Waals surface area contributed by atoms with E-state index < -0.39 is 41.1 Å². The second kappa shape index (κ2) is 9.22. The smallest absolute Gasteiger partial charge is 0.343 e. The number of hydrogen-bond donors (Lipinski definition) is 2. The van der Waals surface area contributed by atoms with Crippen molar-refractivity contribution in [1.82, 2.24) is 14.6 Å². The average molecular weight is 444 g/mol. The Morgan fingerprint density at radius 2 is 1.90 bits per heavy atom. The fourth-order valence-corrected chi connectivity index (χ4v) is 3.43. The van der Waals surface area contributed by atoms with Gasteiger partial charge in [-0.15, -0.1) is 0 Å². The Balaban J connectivity index is 2.08. The van der Waals surface area contributed by atoms with Crippen molar-refractivity contribution in [2.45, 2.75) is 18.0 Å². The van der Waals surface area contributed by atoms with Crippen LogP contribution in [0.25, 0.3) is 0 Å². The number of halogens is 3. The van der Waals surface area contributed by atoms with Crippen LogP contribution in [-0.4, -0.2) is 55.8 Å². The lowest BCUT2D eigenvalue weighted by Crippen LogP contribution is -2.35. The normalized spacial score (nSPS) is 11.9. The minimum absolute atomic E-state index is 0.0835. The number of aromatic nitrogens is 1. The van der Waals surface area contributed by atoms with Crippen LogP contribution in [-0.2, 0) is 14.8 Å². The van der Waals surface area contributed by atoms with Gasteiger partial charge in [0.2, 0.25) is 15.9 Å². The molecule has 2 rings (SSSR count). The summed E-state index contributed by atoms with van der Waals surface area (Å²) in [6.07, 6.45) is -2.00. The summed E-state index contributed by atoms with van der Waals surface area (Å²) in [5.41, 5.74) is 0.622. The molecule has 0 unspecified atom stereocenters. The third-order valence-corrected chi connectivity index (χ3v) is 5.72. The largest absolute Gasteiger partial charge is 0.405 e. The van der Waals surface area contributed by atoms with Crippen LogP contribution in [0, 0.1) is 6.92 Å². The first-order valence-electron chi connectivity index (χ1n) is 8.52. The number of sulfonamides is 1. The van der Waals surface area contributed by atoms with E-state index in [9.17, 15) is 31.2 Å². The average Bonchev–Trinajstić information content (AvgIpc) is 2.67. The number of nitrogens with zero attached hydrogens (tertiary/aromatic N) is 2. The minimum atomic E-state index is -4.55. The van der Waals surface area contributed by atoms with Crippen molar-refractivity contribution in [3.8, 4) is 0 Å². The molecule has 1 aromatic carbocycles. The Bertz CT molecular complexity index is 1030. The topological polar surface area (TPSA) is 108 Å². The number of carbonyl (C=O) groups excluding carboxylic acids is 2. The predicted molar refractivity (Wildman–Crippen MR) is 102 cm³/mol. The maximum atomic E-state index is 12.4. The van der Waals surface area contributed by atoms with E-state index in [0.717, 1.165) is 10.5 Å². The number of carbonyl (C=O) groups is 2. The first kappa shape index (κ1) is 23.3. The SMILES string of the molecule is Cc1ccc(C(=O)NCC(F)(F)F)cc1NC(=O)CN(C)S(=O)(=O)c1cccnc1. The molecule has 0 saturated heterocycles. The molecule has 12 heteroatoms. The molecular weight excluding hydrogens is 425 g/mol. The second-order valence-corrected chi connectivity index (χ2v) is 8.37. The summed E-state index contributed by atoms with van der Waals surface area (Å²) in [4.78, 5) is 27.8. The first-order valence-corrected chi connectivity index (χ1v) is 9.96. The fourth-order valence-electron chi connectivity index (χ4n) is 2.34. The van der Waals surface area contributed by atoms with Crippen molar-refractivity contribution >= 4 is 27.5 Å². The maximum absolute atomic E-state index is 12.4. The lowest BCUT2D eigenvalue weighted by molar-refractivity contribution is -0.123. The van der Waals surface area contributed by atoms with Crippen LogP contribution in [0.1, 0.15) is 15.9 Å². The molecule has 8 nitrogen and oxygen atoms in total. The highest BCUT2D eigenvalue weighted by Crippen LogP contribution is 2.19. The molecule has 0 fully saturated rings. The van der Waals surface area contributed by atoms with Gasteiger partial charge < -0.3 is 10.6 Å². The van der Waals surface area contributed by atoms with Crippen molar-refractivity contribution in [3.05, 3.63) is 53.9 Å². The highest BCUT2D eigenvalue weighted by Gasteiger charge is 2.28. The molecule has 1 aromatic heterocycles. The summed E-state index contributed by atoms with van der Waals surface area (Å²) in [5.74, 6) is -1.65. The predicted octanol–water partition coefficient (Wildman–Crippen LogP) is 1.94. The molecule has 2 N–H and O–H groups in total. The number of nitrogens with one attached hydrogen (secondary N) is 2. The number of alkyl halides is 3. The molecule has 30 heavy (non-hydrogen) atoms. The zero-order valence-electron chi connectivity index (χ0n) is 16.0. The van der Waals surface area contributed by atoms with E-state index in [1.165, 1.54) is 43.6 Å². The molecule has 0 bridgehead atoms. The van der Waals surface area contributed by atoms with Crippen molar-refractivity contribution in [2.75, 3.05) is 25.5 Å². The highest BCUT2D eigenvalue weighted by atomic mass is 32.2. The number of benzene rings is 1. The van der Waals surface area contributed by atoms with Gasteiger partial charge in [0, 0.05) is 30.7 Å². The second-order valence-electron chi connectivity index (χ2n) is 6.33. The fraction of sp³-hybridized carbons (Fsp3) is 0.278. The number of aryl methyl sites for hydroxylation is 1. The minimum Gasteiger partial charge on any atom is -0.343 e. The van der Waals surface area contributed by atoms with Crippen LogP contribution in [0.3, 0.4) is 0 Å². The number of hydrogen-bond acceptors (Lipinski definition) is 5. The Morgan fingerprint density at radius 3 is 2.50 bits per heavy atom. The van der Waals surface area contributed by atoms with Crippen LogP contribution in [0.4, 0.5) is 18.9 Å². The van der Waals surface area contributed by atoms with Crippen LogP contribution < -0.4 is 10.6 Å². The monoisotopic (exact) mass is 444 g/mol. The summed E-state index contributed by atoms with van der Waals surface area (Å²) in [6.45, 7) is -0.400. The summed E-state index contributed by atoms with van der Waals surface area (Å²) in [5, 5.41) is 4.21. The van der Waals surface area contributed by atoms with Crippen LogP contribution in [0.5, 0.6) is 0 Å². The summed E-state index contributed by atoms with van der Waals surface area (Å²) in [7, 11) is -2.72. The number of rotatable bonds is 7. The molecule has 0 saturated carbocycles. The quantitative estimate of drug-likeness (QED) is 0.679. The van der Waals surface area contributed by atoms with Crippen molar-refractivity contribution < 1.29 is 31.2 Å². The van der Waals surface area contributed by atoms with E-state index >= 15 is 0 Å². The van der Waals surface area contributed by atoms with Gasteiger partial charge in [-0.25, -0.2) is 8.42 Å². The van der Waals surface area contributed by atoms with Crippen molar-refractivity contribution in [3.63, 3.8) is 0 Å². The summed E-state index contributed by atoms with van der Waals surface area (Å²) < 4.78 is 62.5. The van der Waals surface area contributed by atoms with E-state index in [-0.39, 0.29) is 16.1 Å². The summed E-state index contributed by atoms with van der Waals surface area (Å²) in [6, 6.07) is 6.77. The zero-order chi connectivity index (χ0) is 22.5. The molecule has 0 radical (unpaired) electrons. The molecule has 0 aliphatic rings. The number of amides is 2. The van der Waals surface area contributed by atoms with Crippen molar-refractivity contribution in [2.24, 2.45) is 0 Å². The third-order valence-electron chi connectivity index (χ3n) is 3.93. The molecule has 0 atom stereocenters. The Hall–Kier alpha value is -2.99. The standard InChI is InChI=1S/C18H19F3N4O4S/c1-12-5-6-13(17(27)23-11-18(19,20)21)8-15(12)24-16(26)10-25(2)30(28,29)14-4-3-7-22-9-14/h3-9H,10-11H2,1-2H3,(H,23,27)(H,24,26). The van der Waals surface area contributed by atoms with E-state index in [0.29, 0.717) is 5.56 Å². The molecule has 2 amide bonds. The van der Waals surface area contributed by atoms with Gasteiger partial charge in [0.05, 0.1) is 6.54 Å². The van der Waals surface area contributed by atoms with Gasteiger partial charge in [-0.3, -0.25) is 14.6 Å². The van der Waals surface area contributed by atoms with Gasteiger partial charge >= 0.3 is 6.18 Å². The maximum Gasteiger partial charge on any atom is 0.405 e. The van der Waals surface area contributed by atoms with Gasteiger partial charge in [0.25, 0.3) is 5.91 Å². The number of anilines is 1. The lowest BCUT2D eigenvalue weighted by atomic mass is 10.1. The molecule has 162 valence electrons. The Morgan fingerprint density at radius 1 is 1.20 bits per heavy atom. The van der Waals surface area contributed by atoms with Crippen LogP contribution >= 0.6 is 0 Å². The van der Waals surface area contributed by atoms with Crippen molar-refractivity contribution in [1.29, 1.82) is 0 Å². The zero-order valence-corrected chi connectivity index (χ0v) is 16.8. The van der Waals surface area contributed by atoms with Gasteiger partial charge in [0.1, 0.15) is 11.4 Å². The molecule has 2 aromatic rings. The van der Waals surface area contributed by atoms with E-state index in [1.54, 1.807) is 12.2 Å². The molecule has 1 heterocycles. The van der Waals surface area contributed by atoms with Gasteiger partial charge in [-0.1, -0.05) is 6.07 Å². The molecular formula is C18H19F3N4O4S. The van der Waals surface area contributed by atoms with Gasteiger partial charge in [-0.2, -0.15) is 17.5 Å². The third kappa shape index (κ3) is 6.26. The van der Waals surface area contributed by atoms with E-state index in [4.69, 9.17) is 0 Å². The van der Waals surface area contributed by atoms with E-state index in [2.05, 4.69) is 10.3 Å². The first-order chi connectivity index (χ1) is 13.9. The van der Waals surface area contributed by atoms with Gasteiger partial charge in [0.15, 0.2) is 0 Å². The molecule has 0 aliphatic carbocycles. The summed E-state index contributed by atoms with van der Waals surface area (Å²) >= 11 is 0. The van der Waals surface area contributed by atoms with Crippen LogP contribution in [0.15, 0.2) is 47.6 Å². The molecule has 0 aliphatic heterocycles. The lowest BCUT2D eigenvalue weighted by Gasteiger charge is -2.17. The molecule has 0 spiro atoms.